The number of alkyl halides is 1. The molecule has 0 aliphatic carbocycles. The van der Waals surface area contributed by atoms with Crippen molar-refractivity contribution in [3.05, 3.63) is 62.6 Å². The predicted octanol–water partition coefficient (Wildman–Crippen LogP) is 6.30. The zero-order chi connectivity index (χ0) is 15.2. The van der Waals surface area contributed by atoms with Gasteiger partial charge in [-0.05, 0) is 54.8 Å². The quantitative estimate of drug-likeness (QED) is 0.508. The van der Waals surface area contributed by atoms with Crippen LogP contribution in [0, 0.1) is 0 Å². The van der Waals surface area contributed by atoms with Crippen LogP contribution in [0.15, 0.2) is 40.9 Å². The molecule has 1 aliphatic heterocycles. The van der Waals surface area contributed by atoms with E-state index in [1.807, 2.05) is 12.1 Å². The summed E-state index contributed by atoms with van der Waals surface area (Å²) in [6.07, 6.45) is 0.940. The van der Waals surface area contributed by atoms with Crippen LogP contribution in [0.1, 0.15) is 35.4 Å². The van der Waals surface area contributed by atoms with Crippen LogP contribution in [-0.4, -0.2) is 5.60 Å². The molecule has 2 aromatic rings. The highest BCUT2D eigenvalue weighted by Crippen LogP contribution is 2.40. The average Bonchev–Trinajstić information content (AvgIpc) is 2.69. The second kappa shape index (κ2) is 5.60. The summed E-state index contributed by atoms with van der Waals surface area (Å²) in [7, 11) is 0. The van der Waals surface area contributed by atoms with Gasteiger partial charge in [0.2, 0.25) is 0 Å². The lowest BCUT2D eigenvalue weighted by Gasteiger charge is -2.16. The molecule has 0 N–H and O–H groups in total. The Labute approximate surface area is 146 Å². The highest BCUT2D eigenvalue weighted by molar-refractivity contribution is 9.10. The van der Waals surface area contributed by atoms with Crippen molar-refractivity contribution in [2.45, 2.75) is 30.7 Å². The van der Waals surface area contributed by atoms with E-state index in [9.17, 15) is 0 Å². The maximum absolute atomic E-state index is 6.14. The molecule has 1 aliphatic rings. The van der Waals surface area contributed by atoms with Crippen molar-refractivity contribution in [1.29, 1.82) is 0 Å². The van der Waals surface area contributed by atoms with E-state index in [1.54, 1.807) is 0 Å². The molecular formula is C17H15Br2ClO. The van der Waals surface area contributed by atoms with Crippen LogP contribution in [0.5, 0.6) is 5.75 Å². The summed E-state index contributed by atoms with van der Waals surface area (Å²) in [6, 6.07) is 12.3. The number of ether oxygens (including phenoxy) is 1. The third-order valence-corrected chi connectivity index (χ3v) is 5.29. The first-order chi connectivity index (χ1) is 9.84. The molecule has 110 valence electrons. The molecule has 3 rings (SSSR count). The molecule has 0 fully saturated rings. The topological polar surface area (TPSA) is 9.23 Å². The molecule has 0 saturated heterocycles. The largest absolute Gasteiger partial charge is 0.487 e. The van der Waals surface area contributed by atoms with E-state index in [4.69, 9.17) is 16.3 Å². The van der Waals surface area contributed by atoms with E-state index in [0.717, 1.165) is 27.2 Å². The molecule has 0 amide bonds. The SMILES string of the molecule is CC1(C)Cc2cc(C(Br)c3cc(Cl)cc(Br)c3)ccc2O1. The van der Waals surface area contributed by atoms with Gasteiger partial charge in [0.1, 0.15) is 11.4 Å². The van der Waals surface area contributed by atoms with Crippen LogP contribution in [0.25, 0.3) is 0 Å². The van der Waals surface area contributed by atoms with E-state index in [0.29, 0.717) is 0 Å². The normalized spacial score (nSPS) is 17.2. The maximum atomic E-state index is 6.14. The van der Waals surface area contributed by atoms with Crippen LogP contribution < -0.4 is 4.74 Å². The Morgan fingerprint density at radius 3 is 2.62 bits per heavy atom. The highest BCUT2D eigenvalue weighted by Gasteiger charge is 2.30. The first kappa shape index (κ1) is 15.4. The lowest BCUT2D eigenvalue weighted by Crippen LogP contribution is -2.24. The van der Waals surface area contributed by atoms with Gasteiger partial charge in [-0.2, -0.15) is 0 Å². The predicted molar refractivity (Wildman–Crippen MR) is 94.8 cm³/mol. The summed E-state index contributed by atoms with van der Waals surface area (Å²) in [5.41, 5.74) is 3.50. The minimum Gasteiger partial charge on any atom is -0.487 e. The van der Waals surface area contributed by atoms with Crippen LogP contribution in [0.2, 0.25) is 5.02 Å². The molecule has 1 nitrogen and oxygen atoms in total. The fourth-order valence-electron chi connectivity index (χ4n) is 2.70. The maximum Gasteiger partial charge on any atom is 0.123 e. The molecule has 1 atom stereocenters. The molecule has 0 bridgehead atoms. The van der Waals surface area contributed by atoms with E-state index < -0.39 is 0 Å². The molecule has 0 saturated carbocycles. The van der Waals surface area contributed by atoms with Gasteiger partial charge in [0.15, 0.2) is 0 Å². The number of benzene rings is 2. The highest BCUT2D eigenvalue weighted by atomic mass is 79.9. The summed E-state index contributed by atoms with van der Waals surface area (Å²) < 4.78 is 6.92. The van der Waals surface area contributed by atoms with Gasteiger partial charge in [0.25, 0.3) is 0 Å². The molecule has 1 heterocycles. The zero-order valence-corrected chi connectivity index (χ0v) is 15.7. The number of hydrogen-bond acceptors (Lipinski definition) is 1. The number of rotatable bonds is 2. The van der Waals surface area contributed by atoms with Crippen molar-refractivity contribution in [1.82, 2.24) is 0 Å². The van der Waals surface area contributed by atoms with Crippen molar-refractivity contribution < 1.29 is 4.74 Å². The van der Waals surface area contributed by atoms with Crippen molar-refractivity contribution in [3.63, 3.8) is 0 Å². The molecule has 0 spiro atoms. The lowest BCUT2D eigenvalue weighted by molar-refractivity contribution is 0.138. The Hall–Kier alpha value is -0.510. The third kappa shape index (κ3) is 3.30. The van der Waals surface area contributed by atoms with Gasteiger partial charge in [0, 0.05) is 15.9 Å². The van der Waals surface area contributed by atoms with Gasteiger partial charge in [-0.3, -0.25) is 0 Å². The molecule has 2 aromatic carbocycles. The Bertz CT molecular complexity index is 677. The molecular weight excluding hydrogens is 415 g/mol. The van der Waals surface area contributed by atoms with E-state index in [-0.39, 0.29) is 10.4 Å². The van der Waals surface area contributed by atoms with Gasteiger partial charge >= 0.3 is 0 Å². The van der Waals surface area contributed by atoms with E-state index >= 15 is 0 Å². The van der Waals surface area contributed by atoms with Crippen LogP contribution in [0.3, 0.4) is 0 Å². The Morgan fingerprint density at radius 2 is 1.90 bits per heavy atom. The van der Waals surface area contributed by atoms with Crippen molar-refractivity contribution >= 4 is 43.5 Å². The summed E-state index contributed by atoms with van der Waals surface area (Å²) in [4.78, 5) is 0.113. The molecule has 4 heteroatoms. The fourth-order valence-corrected chi connectivity index (χ4v) is 4.14. The van der Waals surface area contributed by atoms with Crippen LogP contribution >= 0.6 is 43.5 Å². The molecule has 0 radical (unpaired) electrons. The van der Waals surface area contributed by atoms with E-state index in [2.05, 4.69) is 70.0 Å². The molecule has 0 aromatic heterocycles. The van der Waals surface area contributed by atoms with Crippen LogP contribution in [0.4, 0.5) is 0 Å². The smallest absolute Gasteiger partial charge is 0.123 e. The van der Waals surface area contributed by atoms with E-state index in [1.165, 1.54) is 11.1 Å². The van der Waals surface area contributed by atoms with Gasteiger partial charge in [-0.1, -0.05) is 55.6 Å². The minimum atomic E-state index is -0.109. The van der Waals surface area contributed by atoms with Gasteiger partial charge in [0.05, 0.1) is 4.83 Å². The minimum absolute atomic E-state index is 0.109. The zero-order valence-electron chi connectivity index (χ0n) is 11.8. The summed E-state index contributed by atoms with van der Waals surface area (Å²) in [6.45, 7) is 4.23. The van der Waals surface area contributed by atoms with Gasteiger partial charge in [-0.15, -0.1) is 0 Å². The lowest BCUT2D eigenvalue weighted by atomic mass is 9.98. The third-order valence-electron chi connectivity index (χ3n) is 3.56. The average molecular weight is 431 g/mol. The first-order valence-corrected chi connectivity index (χ1v) is 8.85. The summed E-state index contributed by atoms with van der Waals surface area (Å²) in [5.74, 6) is 0.996. The van der Waals surface area contributed by atoms with Crippen LogP contribution in [-0.2, 0) is 6.42 Å². The monoisotopic (exact) mass is 428 g/mol. The number of hydrogen-bond donors (Lipinski definition) is 0. The van der Waals surface area contributed by atoms with Crippen molar-refractivity contribution in [3.8, 4) is 5.75 Å². The standard InChI is InChI=1S/C17H15Br2ClO/c1-17(2)9-12-5-10(3-4-15(12)21-17)16(19)11-6-13(18)8-14(20)7-11/h3-8,16H,9H2,1-2H3. The molecule has 1 unspecified atom stereocenters. The second-order valence-electron chi connectivity index (χ2n) is 5.97. The van der Waals surface area contributed by atoms with Crippen molar-refractivity contribution in [2.75, 3.05) is 0 Å². The van der Waals surface area contributed by atoms with Gasteiger partial charge in [-0.25, -0.2) is 0 Å². The number of fused-ring (bicyclic) bond motifs is 1. The molecule has 21 heavy (non-hydrogen) atoms. The first-order valence-electron chi connectivity index (χ1n) is 6.76. The Morgan fingerprint density at radius 1 is 1.14 bits per heavy atom. The summed E-state index contributed by atoms with van der Waals surface area (Å²) in [5, 5.41) is 0.731. The Kier molecular flexibility index (Phi) is 4.10. The second-order valence-corrected chi connectivity index (χ2v) is 8.24. The summed E-state index contributed by atoms with van der Waals surface area (Å²) >= 11 is 13.4. The fraction of sp³-hybridized carbons (Fsp3) is 0.294. The number of halogens is 3. The Balaban J connectivity index is 1.95. The van der Waals surface area contributed by atoms with Gasteiger partial charge < -0.3 is 4.74 Å². The van der Waals surface area contributed by atoms with Crippen molar-refractivity contribution in [2.24, 2.45) is 0 Å².